The largest absolute Gasteiger partial charge is 0.444 e. The lowest BCUT2D eigenvalue weighted by Gasteiger charge is -2.21. The van der Waals surface area contributed by atoms with Crippen molar-refractivity contribution in [1.29, 1.82) is 0 Å². The van der Waals surface area contributed by atoms with Gasteiger partial charge in [0.25, 0.3) is 0 Å². The molecule has 2 aromatic heterocycles. The summed E-state index contributed by atoms with van der Waals surface area (Å²) in [4.78, 5) is 11.3. The third-order valence-corrected chi connectivity index (χ3v) is 4.12. The number of guanidine groups is 1. The summed E-state index contributed by atoms with van der Waals surface area (Å²) in [6, 6.07) is 8.13. The maximum Gasteiger partial charge on any atom is 0.226 e. The minimum atomic E-state index is 0. The molecule has 0 aliphatic rings. The van der Waals surface area contributed by atoms with E-state index in [1.165, 1.54) is 5.56 Å². The number of hydrogen-bond donors (Lipinski definition) is 1. The van der Waals surface area contributed by atoms with E-state index >= 15 is 0 Å². The second-order valence-corrected chi connectivity index (χ2v) is 6.56. The average Bonchev–Trinajstić information content (AvgIpc) is 3.28. The number of rotatable bonds is 6. The molecule has 0 amide bonds. The normalized spacial score (nSPS) is 11.2. The van der Waals surface area contributed by atoms with Crippen LogP contribution in [0.1, 0.15) is 23.7 Å². The van der Waals surface area contributed by atoms with E-state index in [1.807, 2.05) is 50.8 Å². The van der Waals surface area contributed by atoms with Gasteiger partial charge in [-0.3, -0.25) is 4.68 Å². The van der Waals surface area contributed by atoms with Crippen molar-refractivity contribution in [2.75, 3.05) is 13.6 Å². The maximum atomic E-state index is 5.62. The Morgan fingerprint density at radius 1 is 1.29 bits per heavy atom. The van der Waals surface area contributed by atoms with Crippen LogP contribution >= 0.6 is 24.0 Å². The highest BCUT2D eigenvalue weighted by molar-refractivity contribution is 14.0. The Morgan fingerprint density at radius 3 is 2.68 bits per heavy atom. The zero-order valence-electron chi connectivity index (χ0n) is 16.7. The molecule has 0 spiro atoms. The molecule has 0 unspecified atom stereocenters. The fourth-order valence-corrected chi connectivity index (χ4v) is 2.74. The van der Waals surface area contributed by atoms with Crippen LogP contribution in [0.3, 0.4) is 0 Å². The number of nitrogens with zero attached hydrogens (tertiary/aromatic N) is 5. The van der Waals surface area contributed by atoms with Crippen molar-refractivity contribution in [3.05, 3.63) is 59.7 Å². The molecule has 8 heteroatoms. The van der Waals surface area contributed by atoms with E-state index in [9.17, 15) is 0 Å². The molecule has 7 nitrogen and oxygen atoms in total. The van der Waals surface area contributed by atoms with E-state index in [4.69, 9.17) is 4.42 Å². The van der Waals surface area contributed by atoms with Gasteiger partial charge in [0.1, 0.15) is 12.0 Å². The Morgan fingerprint density at radius 2 is 2.04 bits per heavy atom. The number of hydrogen-bond acceptors (Lipinski definition) is 4. The summed E-state index contributed by atoms with van der Waals surface area (Å²) in [6.07, 6.45) is 5.54. The standard InChI is InChI=1S/C20H26N6O.HI/c1-5-21-20(25(3)12-16-10-23-26(4)13-16)22-11-18-14-27-19(24-18)17-8-6-15(2)7-9-17;/h6-10,13-14H,5,11-12H2,1-4H3,(H,21,22);1H. The summed E-state index contributed by atoms with van der Waals surface area (Å²) in [7, 11) is 3.92. The van der Waals surface area contributed by atoms with Crippen molar-refractivity contribution in [1.82, 2.24) is 25.0 Å². The fraction of sp³-hybridized carbons (Fsp3) is 0.350. The molecule has 3 aromatic rings. The number of aliphatic imine (C=N–C) groups is 1. The van der Waals surface area contributed by atoms with Crippen LogP contribution in [-0.2, 0) is 20.1 Å². The summed E-state index contributed by atoms with van der Waals surface area (Å²) in [5.74, 6) is 1.44. The van der Waals surface area contributed by atoms with Gasteiger partial charge in [-0.2, -0.15) is 5.10 Å². The third kappa shape index (κ3) is 5.82. The highest BCUT2D eigenvalue weighted by Gasteiger charge is 2.10. The fourth-order valence-electron chi connectivity index (χ4n) is 2.74. The Bertz CT molecular complexity index is 900. The van der Waals surface area contributed by atoms with E-state index in [1.54, 1.807) is 10.9 Å². The molecule has 150 valence electrons. The molecule has 1 N–H and O–H groups in total. The summed E-state index contributed by atoms with van der Waals surface area (Å²) in [5, 5.41) is 7.53. The zero-order chi connectivity index (χ0) is 19.2. The van der Waals surface area contributed by atoms with Crippen LogP contribution in [0.25, 0.3) is 11.5 Å². The van der Waals surface area contributed by atoms with E-state index in [-0.39, 0.29) is 24.0 Å². The molecule has 1 aromatic carbocycles. The molecule has 0 saturated heterocycles. The first-order valence-corrected chi connectivity index (χ1v) is 9.03. The predicted octanol–water partition coefficient (Wildman–Crippen LogP) is 3.60. The highest BCUT2D eigenvalue weighted by atomic mass is 127. The van der Waals surface area contributed by atoms with Gasteiger partial charge < -0.3 is 14.6 Å². The van der Waals surface area contributed by atoms with Crippen molar-refractivity contribution in [2.24, 2.45) is 12.0 Å². The molecular weight excluding hydrogens is 467 g/mol. The average molecular weight is 494 g/mol. The molecule has 0 atom stereocenters. The number of benzene rings is 1. The van der Waals surface area contributed by atoms with Gasteiger partial charge in [0.15, 0.2) is 5.96 Å². The van der Waals surface area contributed by atoms with Crippen LogP contribution in [0.5, 0.6) is 0 Å². The minimum absolute atomic E-state index is 0. The number of nitrogens with one attached hydrogen (secondary N) is 1. The van der Waals surface area contributed by atoms with Gasteiger partial charge in [0.05, 0.1) is 12.7 Å². The smallest absolute Gasteiger partial charge is 0.226 e. The summed E-state index contributed by atoms with van der Waals surface area (Å²) < 4.78 is 7.42. The van der Waals surface area contributed by atoms with Crippen molar-refractivity contribution in [3.63, 3.8) is 0 Å². The van der Waals surface area contributed by atoms with Crippen LogP contribution in [0.2, 0.25) is 0 Å². The molecule has 2 heterocycles. The number of oxazole rings is 1. The Kier molecular flexibility index (Phi) is 8.04. The van der Waals surface area contributed by atoms with Crippen LogP contribution in [0.4, 0.5) is 0 Å². The molecule has 3 rings (SSSR count). The Balaban J connectivity index is 0.00000280. The van der Waals surface area contributed by atoms with Gasteiger partial charge in [0.2, 0.25) is 5.89 Å². The molecule has 28 heavy (non-hydrogen) atoms. The molecule has 0 fully saturated rings. The number of aryl methyl sites for hydroxylation is 2. The molecular formula is C20H27IN6O. The predicted molar refractivity (Wildman–Crippen MR) is 122 cm³/mol. The molecule has 0 aliphatic carbocycles. The summed E-state index contributed by atoms with van der Waals surface area (Å²) >= 11 is 0. The Hall–Kier alpha value is -2.36. The third-order valence-electron chi connectivity index (χ3n) is 4.12. The minimum Gasteiger partial charge on any atom is -0.444 e. The molecule has 0 aliphatic heterocycles. The SMILES string of the molecule is CCNC(=NCc1coc(-c2ccc(C)cc2)n1)N(C)Cc1cnn(C)c1.I. The number of halogens is 1. The van der Waals surface area contributed by atoms with Gasteiger partial charge in [-0.15, -0.1) is 24.0 Å². The quantitative estimate of drug-likeness (QED) is 0.322. The van der Waals surface area contributed by atoms with Crippen molar-refractivity contribution in [3.8, 4) is 11.5 Å². The molecule has 0 radical (unpaired) electrons. The van der Waals surface area contributed by atoms with Crippen molar-refractivity contribution < 1.29 is 4.42 Å². The van der Waals surface area contributed by atoms with Gasteiger partial charge in [-0.05, 0) is 26.0 Å². The lowest BCUT2D eigenvalue weighted by molar-refractivity contribution is 0.476. The van der Waals surface area contributed by atoms with Crippen LogP contribution in [0, 0.1) is 6.92 Å². The maximum absolute atomic E-state index is 5.62. The first-order chi connectivity index (χ1) is 13.0. The lowest BCUT2D eigenvalue weighted by Crippen LogP contribution is -2.38. The first kappa shape index (κ1) is 21.9. The van der Waals surface area contributed by atoms with Gasteiger partial charge in [-0.25, -0.2) is 9.98 Å². The van der Waals surface area contributed by atoms with Gasteiger partial charge in [-0.1, -0.05) is 17.7 Å². The van der Waals surface area contributed by atoms with Crippen LogP contribution < -0.4 is 5.32 Å². The van der Waals surface area contributed by atoms with Crippen molar-refractivity contribution in [2.45, 2.75) is 26.9 Å². The van der Waals surface area contributed by atoms with E-state index in [0.717, 1.165) is 35.9 Å². The van der Waals surface area contributed by atoms with Crippen molar-refractivity contribution >= 4 is 29.9 Å². The Labute approximate surface area is 182 Å². The topological polar surface area (TPSA) is 71.5 Å². The molecule has 0 bridgehead atoms. The molecule has 0 saturated carbocycles. The second-order valence-electron chi connectivity index (χ2n) is 6.56. The van der Waals surface area contributed by atoms with Crippen LogP contribution in [-0.4, -0.2) is 39.2 Å². The van der Waals surface area contributed by atoms with E-state index in [2.05, 4.69) is 39.1 Å². The monoisotopic (exact) mass is 494 g/mol. The first-order valence-electron chi connectivity index (χ1n) is 9.03. The number of aromatic nitrogens is 3. The van der Waals surface area contributed by atoms with Crippen LogP contribution in [0.15, 0.2) is 52.3 Å². The highest BCUT2D eigenvalue weighted by Crippen LogP contribution is 2.19. The summed E-state index contributed by atoms with van der Waals surface area (Å²) in [5.41, 5.74) is 4.11. The lowest BCUT2D eigenvalue weighted by atomic mass is 10.1. The van der Waals surface area contributed by atoms with Gasteiger partial charge in [0, 0.05) is 44.5 Å². The van der Waals surface area contributed by atoms with E-state index < -0.39 is 0 Å². The van der Waals surface area contributed by atoms with Gasteiger partial charge >= 0.3 is 0 Å². The van der Waals surface area contributed by atoms with E-state index in [0.29, 0.717) is 12.4 Å². The second kappa shape index (κ2) is 10.3. The zero-order valence-corrected chi connectivity index (χ0v) is 19.0. The summed E-state index contributed by atoms with van der Waals surface area (Å²) in [6.45, 7) is 6.09.